The van der Waals surface area contributed by atoms with Crippen LogP contribution < -0.4 is 0 Å². The largest absolute Gasteiger partial charge is 0.446 e. The van der Waals surface area contributed by atoms with Gasteiger partial charge in [0.1, 0.15) is 6.04 Å². The third-order valence-electron chi connectivity index (χ3n) is 4.17. The first-order valence-electron chi connectivity index (χ1n) is 6.78. The molecule has 2 aromatic rings. The zero-order valence-electron chi connectivity index (χ0n) is 11.1. The molecule has 0 radical (unpaired) electrons. The maximum absolute atomic E-state index is 5.46. The van der Waals surface area contributed by atoms with Gasteiger partial charge in [0.25, 0.3) is 0 Å². The van der Waals surface area contributed by atoms with Gasteiger partial charge >= 0.3 is 0 Å². The number of nitrogens with zero attached hydrogens (tertiary/aromatic N) is 4. The van der Waals surface area contributed by atoms with Gasteiger partial charge in [-0.05, 0) is 35.0 Å². The summed E-state index contributed by atoms with van der Waals surface area (Å²) in [5.41, 5.74) is 0. The quantitative estimate of drug-likeness (QED) is 0.836. The molecule has 5 heterocycles. The molecule has 3 aliphatic heterocycles. The van der Waals surface area contributed by atoms with E-state index in [2.05, 4.69) is 42.8 Å². The molecule has 106 valence electrons. The highest BCUT2D eigenvalue weighted by Gasteiger charge is 2.39. The van der Waals surface area contributed by atoms with Gasteiger partial charge < -0.3 is 8.94 Å². The third kappa shape index (κ3) is 2.01. The van der Waals surface area contributed by atoms with Crippen molar-refractivity contribution in [2.75, 3.05) is 26.2 Å². The molecular weight excluding hydrogens is 324 g/mol. The van der Waals surface area contributed by atoms with Gasteiger partial charge in [-0.3, -0.25) is 9.80 Å². The average Bonchev–Trinajstić information content (AvgIpc) is 3.08. The summed E-state index contributed by atoms with van der Waals surface area (Å²) in [6.45, 7) is 6.49. The van der Waals surface area contributed by atoms with E-state index in [9.17, 15) is 0 Å². The Labute approximate surface area is 124 Å². The van der Waals surface area contributed by atoms with Crippen LogP contribution in [0.4, 0.5) is 0 Å². The van der Waals surface area contributed by atoms with Crippen LogP contribution >= 0.6 is 15.9 Å². The Morgan fingerprint density at radius 1 is 1.25 bits per heavy atom. The van der Waals surface area contributed by atoms with E-state index in [1.54, 1.807) is 0 Å². The molecule has 20 heavy (non-hydrogen) atoms. The van der Waals surface area contributed by atoms with E-state index in [-0.39, 0.29) is 6.04 Å². The van der Waals surface area contributed by atoms with Crippen molar-refractivity contribution in [3.8, 4) is 11.6 Å². The fraction of sp³-hybridized carbons (Fsp3) is 0.538. The predicted octanol–water partition coefficient (Wildman–Crippen LogP) is 2.15. The second kappa shape index (κ2) is 4.68. The molecule has 0 saturated carbocycles. The van der Waals surface area contributed by atoms with Gasteiger partial charge in [-0.2, -0.15) is 4.98 Å². The van der Waals surface area contributed by atoms with Gasteiger partial charge in [0, 0.05) is 32.2 Å². The van der Waals surface area contributed by atoms with Crippen LogP contribution in [0.25, 0.3) is 11.6 Å². The number of halogens is 1. The number of furan rings is 1. The molecule has 3 saturated heterocycles. The molecule has 0 aromatic carbocycles. The van der Waals surface area contributed by atoms with E-state index in [1.165, 1.54) is 0 Å². The molecule has 0 amide bonds. The number of rotatable bonds is 2. The fourth-order valence-corrected chi connectivity index (χ4v) is 3.36. The Hall–Kier alpha value is -1.18. The van der Waals surface area contributed by atoms with Crippen molar-refractivity contribution in [1.82, 2.24) is 19.9 Å². The van der Waals surface area contributed by atoms with Gasteiger partial charge in [-0.15, -0.1) is 0 Å². The normalized spacial score (nSPS) is 32.7. The van der Waals surface area contributed by atoms with Crippen LogP contribution in [0, 0.1) is 0 Å². The van der Waals surface area contributed by atoms with Crippen LogP contribution in [0.3, 0.4) is 0 Å². The molecule has 4 unspecified atom stereocenters. The van der Waals surface area contributed by atoms with Crippen LogP contribution in [0.5, 0.6) is 0 Å². The monoisotopic (exact) mass is 338 g/mol. The van der Waals surface area contributed by atoms with Gasteiger partial charge in [-0.1, -0.05) is 5.16 Å². The van der Waals surface area contributed by atoms with Crippen LogP contribution in [0.15, 0.2) is 25.7 Å². The zero-order valence-corrected chi connectivity index (χ0v) is 12.7. The SMILES string of the molecule is CC1CN2CCN1CC2c1nc(-c2ccc(Br)o2)no1. The number of piperazine rings is 3. The summed E-state index contributed by atoms with van der Waals surface area (Å²) in [6, 6.07) is 4.48. The molecule has 3 aliphatic rings. The second-order valence-electron chi connectivity index (χ2n) is 5.41. The first-order valence-corrected chi connectivity index (χ1v) is 7.57. The maximum Gasteiger partial charge on any atom is 0.245 e. The van der Waals surface area contributed by atoms with E-state index in [4.69, 9.17) is 8.94 Å². The topological polar surface area (TPSA) is 58.5 Å². The summed E-state index contributed by atoms with van der Waals surface area (Å²) in [5.74, 6) is 1.82. The molecule has 2 aromatic heterocycles. The molecule has 0 aliphatic carbocycles. The molecular formula is C13H15BrN4O2. The highest BCUT2D eigenvalue weighted by atomic mass is 79.9. The summed E-state index contributed by atoms with van der Waals surface area (Å²) in [6.07, 6.45) is 0. The van der Waals surface area contributed by atoms with Gasteiger partial charge in [-0.25, -0.2) is 0 Å². The van der Waals surface area contributed by atoms with Gasteiger partial charge in [0.05, 0.1) is 0 Å². The number of hydrogen-bond acceptors (Lipinski definition) is 6. The highest BCUT2D eigenvalue weighted by molar-refractivity contribution is 9.10. The van der Waals surface area contributed by atoms with E-state index < -0.39 is 0 Å². The summed E-state index contributed by atoms with van der Waals surface area (Å²) in [5, 5.41) is 4.03. The minimum absolute atomic E-state index is 0.208. The van der Waals surface area contributed by atoms with Crippen molar-refractivity contribution in [3.63, 3.8) is 0 Å². The molecule has 3 fully saturated rings. The van der Waals surface area contributed by atoms with Crippen LogP contribution in [0.2, 0.25) is 0 Å². The lowest BCUT2D eigenvalue weighted by Crippen LogP contribution is -2.61. The Morgan fingerprint density at radius 2 is 2.10 bits per heavy atom. The van der Waals surface area contributed by atoms with Crippen molar-refractivity contribution >= 4 is 15.9 Å². The van der Waals surface area contributed by atoms with E-state index in [1.807, 2.05) is 12.1 Å². The van der Waals surface area contributed by atoms with Crippen molar-refractivity contribution in [2.45, 2.75) is 19.0 Å². The Kier molecular flexibility index (Phi) is 2.94. The average molecular weight is 339 g/mol. The van der Waals surface area contributed by atoms with Crippen molar-refractivity contribution < 1.29 is 8.94 Å². The van der Waals surface area contributed by atoms with E-state index >= 15 is 0 Å². The lowest BCUT2D eigenvalue weighted by atomic mass is 10.0. The van der Waals surface area contributed by atoms with Crippen molar-refractivity contribution in [3.05, 3.63) is 22.7 Å². The minimum atomic E-state index is 0.208. The van der Waals surface area contributed by atoms with Gasteiger partial charge in [0.2, 0.25) is 11.7 Å². The molecule has 2 bridgehead atoms. The second-order valence-corrected chi connectivity index (χ2v) is 6.20. The number of hydrogen-bond donors (Lipinski definition) is 0. The van der Waals surface area contributed by atoms with Crippen LogP contribution in [-0.4, -0.2) is 52.2 Å². The minimum Gasteiger partial charge on any atom is -0.446 e. The van der Waals surface area contributed by atoms with Crippen molar-refractivity contribution in [2.24, 2.45) is 0 Å². The first-order chi connectivity index (χ1) is 9.70. The molecule has 5 rings (SSSR count). The highest BCUT2D eigenvalue weighted by Crippen LogP contribution is 2.32. The lowest BCUT2D eigenvalue weighted by molar-refractivity contribution is -0.0347. The van der Waals surface area contributed by atoms with E-state index in [0.29, 0.717) is 28.2 Å². The zero-order chi connectivity index (χ0) is 13.7. The third-order valence-corrected chi connectivity index (χ3v) is 4.59. The lowest BCUT2D eigenvalue weighted by Gasteiger charge is -2.49. The summed E-state index contributed by atoms with van der Waals surface area (Å²) in [4.78, 5) is 9.42. The predicted molar refractivity (Wildman–Crippen MR) is 75.0 cm³/mol. The van der Waals surface area contributed by atoms with Crippen LogP contribution in [-0.2, 0) is 0 Å². The molecule has 4 atom stereocenters. The molecule has 0 spiro atoms. The molecule has 6 nitrogen and oxygen atoms in total. The summed E-state index contributed by atoms with van der Waals surface area (Å²) < 4.78 is 11.6. The first kappa shape index (κ1) is 12.6. The molecule has 7 heteroatoms. The number of fused-ring (bicyclic) bond motifs is 3. The number of aromatic nitrogens is 2. The standard InChI is InChI=1S/C13H15BrN4O2/c1-8-6-18-5-4-17(8)7-9(18)13-15-12(16-20-13)10-2-3-11(14)19-10/h2-3,8-9H,4-7H2,1H3. The van der Waals surface area contributed by atoms with E-state index in [0.717, 1.165) is 26.2 Å². The van der Waals surface area contributed by atoms with Crippen molar-refractivity contribution in [1.29, 1.82) is 0 Å². The summed E-state index contributed by atoms with van der Waals surface area (Å²) >= 11 is 3.28. The smallest absolute Gasteiger partial charge is 0.245 e. The fourth-order valence-electron chi connectivity index (χ4n) is 3.05. The van der Waals surface area contributed by atoms with Crippen LogP contribution in [0.1, 0.15) is 18.9 Å². The Bertz CT molecular complexity index is 625. The Morgan fingerprint density at radius 3 is 2.75 bits per heavy atom. The summed E-state index contributed by atoms with van der Waals surface area (Å²) in [7, 11) is 0. The molecule has 0 N–H and O–H groups in total. The maximum atomic E-state index is 5.46. The van der Waals surface area contributed by atoms with Gasteiger partial charge in [0.15, 0.2) is 10.4 Å². The Balaban J connectivity index is 1.60.